The van der Waals surface area contributed by atoms with Crippen LogP contribution in [0.4, 0.5) is 10.6 Å². The second kappa shape index (κ2) is 6.35. The van der Waals surface area contributed by atoms with Gasteiger partial charge in [-0.15, -0.1) is 0 Å². The minimum atomic E-state index is -0.978. The van der Waals surface area contributed by atoms with Crippen molar-refractivity contribution in [1.29, 1.82) is 0 Å². The van der Waals surface area contributed by atoms with Crippen LogP contribution in [0.5, 0.6) is 5.75 Å². The Bertz CT molecular complexity index is 818. The van der Waals surface area contributed by atoms with Crippen LogP contribution in [-0.4, -0.2) is 34.3 Å². The van der Waals surface area contributed by atoms with Crippen molar-refractivity contribution < 1.29 is 14.6 Å². The lowest BCUT2D eigenvalue weighted by Gasteiger charge is -2.15. The second-order valence-corrected chi connectivity index (χ2v) is 6.79. The zero-order valence-electron chi connectivity index (χ0n) is 14.2. The molecule has 6 nitrogen and oxygen atoms in total. The fourth-order valence-corrected chi connectivity index (χ4v) is 3.31. The molecule has 0 atom stereocenters. The minimum Gasteiger partial charge on any atom is -0.493 e. The van der Waals surface area contributed by atoms with Gasteiger partial charge in [0, 0.05) is 17.7 Å². The quantitative estimate of drug-likeness (QED) is 0.899. The van der Waals surface area contributed by atoms with E-state index in [1.54, 1.807) is 0 Å². The third kappa shape index (κ3) is 3.16. The molecule has 1 aliphatic carbocycles. The minimum absolute atomic E-state index is 0.417. The Morgan fingerprint density at radius 1 is 1.36 bits per heavy atom. The normalized spacial score (nSPS) is 16.0. The standard InChI is InChI=1S/C19H21N3O3/c1-12-2-5-16(25-9-7-13-3-4-13)15(10-12)17-14-6-8-22(19(23)24)18(14)21-11-20-17/h2,5,10-11,13H,3-4,6-9H2,1H3,(H,23,24). The Morgan fingerprint density at radius 3 is 2.96 bits per heavy atom. The molecule has 130 valence electrons. The molecular weight excluding hydrogens is 318 g/mol. The number of fused-ring (bicyclic) bond motifs is 1. The highest BCUT2D eigenvalue weighted by molar-refractivity contribution is 5.89. The molecule has 2 heterocycles. The molecular formula is C19H21N3O3. The SMILES string of the molecule is Cc1ccc(OCCC2CC2)c(-c2ncnc3c2CCN3C(=O)O)c1. The van der Waals surface area contributed by atoms with Crippen LogP contribution >= 0.6 is 0 Å². The van der Waals surface area contributed by atoms with Crippen molar-refractivity contribution in [2.75, 3.05) is 18.1 Å². The van der Waals surface area contributed by atoms with Crippen molar-refractivity contribution in [3.63, 3.8) is 0 Å². The number of nitrogens with zero attached hydrogens (tertiary/aromatic N) is 3. The van der Waals surface area contributed by atoms with Crippen LogP contribution < -0.4 is 9.64 Å². The number of carbonyl (C=O) groups is 1. The zero-order valence-corrected chi connectivity index (χ0v) is 14.2. The number of aromatic nitrogens is 2. The first-order valence-electron chi connectivity index (χ1n) is 8.71. The molecule has 1 saturated carbocycles. The Hall–Kier alpha value is -2.63. The van der Waals surface area contributed by atoms with E-state index in [1.807, 2.05) is 19.1 Å². The smallest absolute Gasteiger partial charge is 0.413 e. The van der Waals surface area contributed by atoms with Crippen LogP contribution in [0.1, 0.15) is 30.4 Å². The van der Waals surface area contributed by atoms with Gasteiger partial charge in [0.15, 0.2) is 0 Å². The highest BCUT2D eigenvalue weighted by atomic mass is 16.5. The van der Waals surface area contributed by atoms with E-state index in [0.29, 0.717) is 25.4 Å². The van der Waals surface area contributed by atoms with E-state index in [4.69, 9.17) is 4.74 Å². The van der Waals surface area contributed by atoms with Gasteiger partial charge in [-0.3, -0.25) is 4.90 Å². The first-order valence-corrected chi connectivity index (χ1v) is 8.71. The summed E-state index contributed by atoms with van der Waals surface area (Å²) in [6.07, 6.45) is 4.79. The average Bonchev–Trinajstić information content (AvgIpc) is 3.31. The molecule has 1 aromatic heterocycles. The molecule has 1 N–H and O–H groups in total. The van der Waals surface area contributed by atoms with E-state index < -0.39 is 6.09 Å². The number of carboxylic acid groups (broad SMARTS) is 1. The van der Waals surface area contributed by atoms with Crippen molar-refractivity contribution >= 4 is 11.9 Å². The largest absolute Gasteiger partial charge is 0.493 e. The molecule has 1 fully saturated rings. The van der Waals surface area contributed by atoms with Gasteiger partial charge in [-0.2, -0.15) is 0 Å². The molecule has 0 radical (unpaired) electrons. The monoisotopic (exact) mass is 339 g/mol. The lowest BCUT2D eigenvalue weighted by Crippen LogP contribution is -2.27. The molecule has 25 heavy (non-hydrogen) atoms. The predicted octanol–water partition coefficient (Wildman–Crippen LogP) is 3.67. The fraction of sp³-hybridized carbons (Fsp3) is 0.421. The van der Waals surface area contributed by atoms with Crippen molar-refractivity contribution in [1.82, 2.24) is 9.97 Å². The van der Waals surface area contributed by atoms with Crippen molar-refractivity contribution in [2.45, 2.75) is 32.6 Å². The zero-order chi connectivity index (χ0) is 17.4. The first-order chi connectivity index (χ1) is 12.1. The predicted molar refractivity (Wildman–Crippen MR) is 94.1 cm³/mol. The number of ether oxygens (including phenoxy) is 1. The van der Waals surface area contributed by atoms with Gasteiger partial charge >= 0.3 is 6.09 Å². The van der Waals surface area contributed by atoms with E-state index >= 15 is 0 Å². The molecule has 1 amide bonds. The first kappa shape index (κ1) is 15.9. The molecule has 6 heteroatoms. The summed E-state index contributed by atoms with van der Waals surface area (Å²) in [5, 5.41) is 9.34. The summed E-state index contributed by atoms with van der Waals surface area (Å²) >= 11 is 0. The second-order valence-electron chi connectivity index (χ2n) is 6.79. The van der Waals surface area contributed by atoms with Crippen molar-refractivity contribution in [3.05, 3.63) is 35.7 Å². The maximum absolute atomic E-state index is 11.4. The summed E-state index contributed by atoms with van der Waals surface area (Å²) in [4.78, 5) is 21.3. The van der Waals surface area contributed by atoms with Crippen LogP contribution in [0.25, 0.3) is 11.3 Å². The number of amides is 1. The number of aryl methyl sites for hydroxylation is 1. The third-order valence-electron chi connectivity index (χ3n) is 4.87. The van der Waals surface area contributed by atoms with Gasteiger partial charge in [-0.1, -0.05) is 24.5 Å². The molecule has 0 saturated heterocycles. The van der Waals surface area contributed by atoms with Crippen LogP contribution in [0, 0.1) is 12.8 Å². The third-order valence-corrected chi connectivity index (χ3v) is 4.87. The van der Waals surface area contributed by atoms with Gasteiger partial charge in [-0.25, -0.2) is 14.8 Å². The molecule has 4 rings (SSSR count). The Labute approximate surface area is 146 Å². The van der Waals surface area contributed by atoms with E-state index in [9.17, 15) is 9.90 Å². The number of rotatable bonds is 5. The highest BCUT2D eigenvalue weighted by Crippen LogP contribution is 2.38. The number of hydrogen-bond acceptors (Lipinski definition) is 4. The van der Waals surface area contributed by atoms with Crippen LogP contribution in [0.2, 0.25) is 0 Å². The fourth-order valence-electron chi connectivity index (χ4n) is 3.31. The lowest BCUT2D eigenvalue weighted by atomic mass is 10.0. The summed E-state index contributed by atoms with van der Waals surface area (Å²) in [5.74, 6) is 2.12. The van der Waals surface area contributed by atoms with Crippen LogP contribution in [-0.2, 0) is 6.42 Å². The van der Waals surface area contributed by atoms with Crippen LogP contribution in [0.3, 0.4) is 0 Å². The van der Waals surface area contributed by atoms with E-state index in [0.717, 1.165) is 40.5 Å². The maximum Gasteiger partial charge on any atom is 0.413 e. The molecule has 0 bridgehead atoms. The van der Waals surface area contributed by atoms with Crippen molar-refractivity contribution in [2.24, 2.45) is 5.92 Å². The summed E-state index contributed by atoms with van der Waals surface area (Å²) in [5.41, 5.74) is 3.69. The molecule has 1 aliphatic heterocycles. The molecule has 2 aromatic rings. The van der Waals surface area contributed by atoms with E-state index in [1.165, 1.54) is 24.1 Å². The number of benzene rings is 1. The van der Waals surface area contributed by atoms with Gasteiger partial charge in [-0.05, 0) is 37.8 Å². The Morgan fingerprint density at radius 2 is 2.20 bits per heavy atom. The molecule has 1 aromatic carbocycles. The van der Waals surface area contributed by atoms with Gasteiger partial charge < -0.3 is 9.84 Å². The van der Waals surface area contributed by atoms with Crippen molar-refractivity contribution in [3.8, 4) is 17.0 Å². The Balaban J connectivity index is 1.69. The van der Waals surface area contributed by atoms with E-state index in [-0.39, 0.29) is 0 Å². The van der Waals surface area contributed by atoms with Gasteiger partial charge in [0.25, 0.3) is 0 Å². The lowest BCUT2D eigenvalue weighted by molar-refractivity contribution is 0.202. The molecule has 0 unspecified atom stereocenters. The highest BCUT2D eigenvalue weighted by Gasteiger charge is 2.29. The van der Waals surface area contributed by atoms with E-state index in [2.05, 4.69) is 16.0 Å². The average molecular weight is 339 g/mol. The summed E-state index contributed by atoms with van der Waals surface area (Å²) in [7, 11) is 0. The molecule has 0 spiro atoms. The van der Waals surface area contributed by atoms with Gasteiger partial charge in [0.2, 0.25) is 0 Å². The summed E-state index contributed by atoms with van der Waals surface area (Å²) < 4.78 is 6.04. The number of hydrogen-bond donors (Lipinski definition) is 1. The maximum atomic E-state index is 11.4. The van der Waals surface area contributed by atoms with Crippen LogP contribution in [0.15, 0.2) is 24.5 Å². The topological polar surface area (TPSA) is 75.6 Å². The molecule has 2 aliphatic rings. The van der Waals surface area contributed by atoms with Gasteiger partial charge in [0.05, 0.1) is 12.3 Å². The number of anilines is 1. The Kier molecular flexibility index (Phi) is 4.03. The summed E-state index contributed by atoms with van der Waals surface area (Å²) in [6, 6.07) is 6.06. The summed E-state index contributed by atoms with van der Waals surface area (Å²) in [6.45, 7) is 3.15. The van der Waals surface area contributed by atoms with Gasteiger partial charge in [0.1, 0.15) is 17.9 Å².